The van der Waals surface area contributed by atoms with Crippen molar-refractivity contribution in [2.45, 2.75) is 51.0 Å². The highest BCUT2D eigenvalue weighted by Gasteiger charge is 2.26. The Kier molecular flexibility index (Phi) is 8.83. The van der Waals surface area contributed by atoms with Gasteiger partial charge in [0.05, 0.1) is 25.0 Å². The van der Waals surface area contributed by atoms with E-state index in [0.29, 0.717) is 12.8 Å². The topological polar surface area (TPSA) is 89.6 Å². The molecule has 2 aromatic rings. The van der Waals surface area contributed by atoms with E-state index in [1.54, 1.807) is 0 Å². The SMILES string of the molecule is CCCCc1ccc(Cc2ccc(CCC(N)(CO)COS(C)(=O)=O)cc2)cc1. The van der Waals surface area contributed by atoms with Crippen LogP contribution in [-0.4, -0.2) is 38.5 Å². The third-order valence-electron chi connectivity index (χ3n) is 5.06. The average Bonchev–Trinajstić information content (AvgIpc) is 2.71. The molecular formula is C23H33NO4S. The van der Waals surface area contributed by atoms with Crippen molar-refractivity contribution in [3.63, 3.8) is 0 Å². The molecule has 0 amide bonds. The van der Waals surface area contributed by atoms with E-state index in [1.807, 2.05) is 0 Å². The summed E-state index contributed by atoms with van der Waals surface area (Å²) in [7, 11) is -3.58. The smallest absolute Gasteiger partial charge is 0.264 e. The molecule has 0 aliphatic rings. The third-order valence-corrected chi connectivity index (χ3v) is 5.61. The number of nitrogens with two attached hydrogens (primary N) is 1. The van der Waals surface area contributed by atoms with Crippen LogP contribution in [0.3, 0.4) is 0 Å². The number of aliphatic hydroxyl groups is 1. The monoisotopic (exact) mass is 419 g/mol. The van der Waals surface area contributed by atoms with E-state index in [9.17, 15) is 13.5 Å². The highest BCUT2D eigenvalue weighted by atomic mass is 32.2. The Hall–Kier alpha value is -1.73. The first kappa shape index (κ1) is 23.5. The number of hydrogen-bond donors (Lipinski definition) is 2. The van der Waals surface area contributed by atoms with Crippen LogP contribution >= 0.6 is 0 Å². The predicted molar refractivity (Wildman–Crippen MR) is 117 cm³/mol. The highest BCUT2D eigenvalue weighted by molar-refractivity contribution is 7.85. The second-order valence-electron chi connectivity index (χ2n) is 7.90. The van der Waals surface area contributed by atoms with Gasteiger partial charge >= 0.3 is 0 Å². The van der Waals surface area contributed by atoms with Crippen LogP contribution in [0.15, 0.2) is 48.5 Å². The lowest BCUT2D eigenvalue weighted by molar-refractivity contribution is 0.130. The fourth-order valence-corrected chi connectivity index (χ4v) is 3.53. The van der Waals surface area contributed by atoms with E-state index < -0.39 is 15.7 Å². The zero-order chi connectivity index (χ0) is 21.3. The van der Waals surface area contributed by atoms with Gasteiger partial charge in [-0.05, 0) is 54.4 Å². The zero-order valence-electron chi connectivity index (χ0n) is 17.4. The van der Waals surface area contributed by atoms with Gasteiger partial charge < -0.3 is 10.8 Å². The van der Waals surface area contributed by atoms with Crippen molar-refractivity contribution in [1.29, 1.82) is 0 Å². The summed E-state index contributed by atoms with van der Waals surface area (Å²) in [5.74, 6) is 0. The molecule has 6 heteroatoms. The summed E-state index contributed by atoms with van der Waals surface area (Å²) in [6.07, 6.45) is 6.49. The molecule has 0 heterocycles. The van der Waals surface area contributed by atoms with Gasteiger partial charge in [-0.2, -0.15) is 8.42 Å². The first-order valence-corrected chi connectivity index (χ1v) is 11.9. The molecule has 0 bridgehead atoms. The lowest BCUT2D eigenvalue weighted by atomic mass is 9.93. The van der Waals surface area contributed by atoms with Crippen LogP contribution in [0, 0.1) is 0 Å². The predicted octanol–water partition coefficient (Wildman–Crippen LogP) is 3.22. The number of benzene rings is 2. The molecule has 1 atom stereocenters. The van der Waals surface area contributed by atoms with Gasteiger partial charge in [-0.15, -0.1) is 0 Å². The van der Waals surface area contributed by atoms with E-state index in [-0.39, 0.29) is 13.2 Å². The van der Waals surface area contributed by atoms with Crippen LogP contribution in [0.2, 0.25) is 0 Å². The molecule has 5 nitrogen and oxygen atoms in total. The van der Waals surface area contributed by atoms with Crippen LogP contribution in [-0.2, 0) is 33.6 Å². The van der Waals surface area contributed by atoms with Crippen LogP contribution in [0.5, 0.6) is 0 Å². The minimum atomic E-state index is -3.58. The minimum Gasteiger partial charge on any atom is -0.394 e. The summed E-state index contributed by atoms with van der Waals surface area (Å²) in [6, 6.07) is 17.1. The quantitative estimate of drug-likeness (QED) is 0.516. The van der Waals surface area contributed by atoms with Gasteiger partial charge in [-0.3, -0.25) is 4.18 Å². The Labute approximate surface area is 175 Å². The summed E-state index contributed by atoms with van der Waals surface area (Å²) in [5.41, 5.74) is 10.0. The molecule has 0 aliphatic heterocycles. The number of aliphatic hydroxyl groups excluding tert-OH is 1. The van der Waals surface area contributed by atoms with Crippen LogP contribution < -0.4 is 5.73 Å². The van der Waals surface area contributed by atoms with E-state index in [0.717, 1.165) is 24.7 Å². The van der Waals surface area contributed by atoms with Gasteiger partial charge in [-0.1, -0.05) is 61.9 Å². The minimum absolute atomic E-state index is 0.228. The first-order valence-electron chi connectivity index (χ1n) is 10.1. The molecule has 160 valence electrons. The molecule has 0 spiro atoms. The van der Waals surface area contributed by atoms with Crippen molar-refractivity contribution in [3.8, 4) is 0 Å². The molecule has 2 aromatic carbocycles. The van der Waals surface area contributed by atoms with E-state index in [2.05, 4.69) is 55.5 Å². The lowest BCUT2D eigenvalue weighted by Crippen LogP contribution is -2.49. The number of unbranched alkanes of at least 4 members (excludes halogenated alkanes) is 1. The number of rotatable bonds is 12. The molecule has 0 saturated heterocycles. The van der Waals surface area contributed by atoms with Gasteiger partial charge in [-0.25, -0.2) is 0 Å². The second kappa shape index (κ2) is 10.9. The van der Waals surface area contributed by atoms with Crippen molar-refractivity contribution in [1.82, 2.24) is 0 Å². The van der Waals surface area contributed by atoms with Gasteiger partial charge in [0, 0.05) is 0 Å². The van der Waals surface area contributed by atoms with Crippen LogP contribution in [0.1, 0.15) is 48.4 Å². The summed E-state index contributed by atoms with van der Waals surface area (Å²) in [6.45, 7) is 1.64. The Morgan fingerprint density at radius 1 is 0.931 bits per heavy atom. The Morgan fingerprint density at radius 3 is 1.86 bits per heavy atom. The van der Waals surface area contributed by atoms with Crippen molar-refractivity contribution >= 4 is 10.1 Å². The van der Waals surface area contributed by atoms with Crippen molar-refractivity contribution < 1.29 is 17.7 Å². The average molecular weight is 420 g/mol. The normalized spacial score (nSPS) is 13.9. The first-order chi connectivity index (χ1) is 13.7. The Balaban J connectivity index is 1.89. The fourth-order valence-electron chi connectivity index (χ4n) is 3.08. The van der Waals surface area contributed by atoms with Crippen molar-refractivity contribution in [2.24, 2.45) is 5.73 Å². The fraction of sp³-hybridized carbons (Fsp3) is 0.478. The van der Waals surface area contributed by atoms with Crippen molar-refractivity contribution in [2.75, 3.05) is 19.5 Å². The van der Waals surface area contributed by atoms with E-state index >= 15 is 0 Å². The molecule has 0 saturated carbocycles. The summed E-state index contributed by atoms with van der Waals surface area (Å²) in [5, 5.41) is 9.54. The lowest BCUT2D eigenvalue weighted by Gasteiger charge is -2.26. The Bertz CT molecular complexity index is 847. The molecule has 0 radical (unpaired) electrons. The highest BCUT2D eigenvalue weighted by Crippen LogP contribution is 2.17. The third kappa shape index (κ3) is 8.66. The molecule has 0 aromatic heterocycles. The van der Waals surface area contributed by atoms with Gasteiger partial charge in [0.1, 0.15) is 0 Å². The maximum Gasteiger partial charge on any atom is 0.264 e. The molecule has 1 unspecified atom stereocenters. The van der Waals surface area contributed by atoms with Crippen LogP contribution in [0.4, 0.5) is 0 Å². The van der Waals surface area contributed by atoms with Crippen molar-refractivity contribution in [3.05, 3.63) is 70.8 Å². The van der Waals surface area contributed by atoms with E-state index in [4.69, 9.17) is 9.92 Å². The summed E-state index contributed by atoms with van der Waals surface area (Å²) >= 11 is 0. The largest absolute Gasteiger partial charge is 0.394 e. The summed E-state index contributed by atoms with van der Waals surface area (Å²) < 4.78 is 27.1. The zero-order valence-corrected chi connectivity index (χ0v) is 18.2. The van der Waals surface area contributed by atoms with E-state index in [1.165, 1.54) is 29.5 Å². The number of hydrogen-bond acceptors (Lipinski definition) is 5. The molecular weight excluding hydrogens is 386 g/mol. The molecule has 0 aliphatic carbocycles. The maximum atomic E-state index is 11.2. The molecule has 3 N–H and O–H groups in total. The standard InChI is InChI=1S/C23H33NO4S/c1-3-4-5-19-6-10-21(11-7-19)16-22-12-8-20(9-13-22)14-15-23(24,17-25)18-28-29(2,26)27/h6-13,25H,3-5,14-18,24H2,1-2H3. The number of aryl methyl sites for hydroxylation is 2. The van der Waals surface area contributed by atoms with Gasteiger partial charge in [0.2, 0.25) is 0 Å². The molecule has 0 fully saturated rings. The molecule has 2 rings (SSSR count). The Morgan fingerprint density at radius 2 is 1.41 bits per heavy atom. The van der Waals surface area contributed by atoms with Gasteiger partial charge in [0.25, 0.3) is 10.1 Å². The summed E-state index contributed by atoms with van der Waals surface area (Å²) in [4.78, 5) is 0. The van der Waals surface area contributed by atoms with Crippen LogP contribution in [0.25, 0.3) is 0 Å². The maximum absolute atomic E-state index is 11.2. The second-order valence-corrected chi connectivity index (χ2v) is 9.54. The van der Waals surface area contributed by atoms with Gasteiger partial charge in [0.15, 0.2) is 0 Å². The molecule has 29 heavy (non-hydrogen) atoms.